The van der Waals surface area contributed by atoms with Gasteiger partial charge in [0, 0.05) is 24.7 Å². The van der Waals surface area contributed by atoms with Crippen LogP contribution in [0.4, 0.5) is 0 Å². The van der Waals surface area contributed by atoms with Crippen molar-refractivity contribution in [3.05, 3.63) is 59.2 Å². The van der Waals surface area contributed by atoms with Gasteiger partial charge in [-0.2, -0.15) is 0 Å². The Kier molecular flexibility index (Phi) is 4.73. The van der Waals surface area contributed by atoms with Gasteiger partial charge in [-0.1, -0.05) is 26.8 Å². The quantitative estimate of drug-likeness (QED) is 0.678. The summed E-state index contributed by atoms with van der Waals surface area (Å²) in [6, 6.07) is 9.86. The predicted octanol–water partition coefficient (Wildman–Crippen LogP) is 3.85. The summed E-state index contributed by atoms with van der Waals surface area (Å²) < 4.78 is 12.9. The summed E-state index contributed by atoms with van der Waals surface area (Å²) in [5.74, 6) is 2.26. The van der Waals surface area contributed by atoms with Crippen LogP contribution < -0.4 is 9.47 Å². The third-order valence-electron chi connectivity index (χ3n) is 5.43. The van der Waals surface area contributed by atoms with Crippen molar-refractivity contribution in [1.29, 1.82) is 0 Å². The van der Waals surface area contributed by atoms with Crippen molar-refractivity contribution >= 4 is 11.4 Å². The van der Waals surface area contributed by atoms with Gasteiger partial charge in [0.15, 0.2) is 17.2 Å². The summed E-state index contributed by atoms with van der Waals surface area (Å²) in [5, 5.41) is 0. The molecule has 1 amide bonds. The van der Waals surface area contributed by atoms with Gasteiger partial charge in [0.1, 0.15) is 5.82 Å². The van der Waals surface area contributed by atoms with Gasteiger partial charge in [-0.3, -0.25) is 4.79 Å². The van der Waals surface area contributed by atoms with Gasteiger partial charge >= 0.3 is 0 Å². The Labute approximate surface area is 171 Å². The summed E-state index contributed by atoms with van der Waals surface area (Å²) >= 11 is 0. The summed E-state index contributed by atoms with van der Waals surface area (Å²) in [6.45, 7) is 7.52. The number of methoxy groups -OCH3 is 2. The number of rotatable bonds is 3. The lowest BCUT2D eigenvalue weighted by Gasteiger charge is -2.29. The minimum Gasteiger partial charge on any atom is -0.493 e. The molecule has 0 saturated carbocycles. The van der Waals surface area contributed by atoms with Crippen molar-refractivity contribution in [1.82, 2.24) is 14.3 Å². The monoisotopic (exact) mass is 393 g/mol. The largest absolute Gasteiger partial charge is 0.493 e. The Morgan fingerprint density at radius 1 is 1.07 bits per heavy atom. The highest BCUT2D eigenvalue weighted by molar-refractivity contribution is 5.99. The van der Waals surface area contributed by atoms with Gasteiger partial charge in [0.05, 0.1) is 19.7 Å². The van der Waals surface area contributed by atoms with E-state index in [4.69, 9.17) is 14.5 Å². The number of imidazole rings is 1. The van der Waals surface area contributed by atoms with E-state index in [2.05, 4.69) is 20.8 Å². The van der Waals surface area contributed by atoms with Gasteiger partial charge in [-0.05, 0) is 41.8 Å². The highest BCUT2D eigenvalue weighted by atomic mass is 16.5. The first-order chi connectivity index (χ1) is 13.8. The molecular formula is C23H27N3O3. The number of nitrogens with zero attached hydrogens (tertiary/aromatic N) is 3. The Morgan fingerprint density at radius 2 is 1.76 bits per heavy atom. The van der Waals surface area contributed by atoms with E-state index in [-0.39, 0.29) is 11.3 Å². The molecule has 0 atom stereocenters. The second kappa shape index (κ2) is 7.10. The van der Waals surface area contributed by atoms with Crippen molar-refractivity contribution in [3.63, 3.8) is 0 Å². The molecule has 6 heteroatoms. The molecule has 6 nitrogen and oxygen atoms in total. The molecule has 0 N–H and O–H groups in total. The van der Waals surface area contributed by atoms with Gasteiger partial charge in [0.25, 0.3) is 5.91 Å². The number of amides is 1. The third-order valence-corrected chi connectivity index (χ3v) is 5.43. The molecule has 3 heterocycles. The minimum absolute atomic E-state index is 0.0374. The maximum absolute atomic E-state index is 13.4. The van der Waals surface area contributed by atoms with E-state index in [0.717, 1.165) is 29.1 Å². The zero-order chi connectivity index (χ0) is 20.8. The van der Waals surface area contributed by atoms with Crippen LogP contribution in [0.1, 0.15) is 48.2 Å². The first-order valence-corrected chi connectivity index (χ1v) is 9.84. The van der Waals surface area contributed by atoms with Crippen LogP contribution >= 0.6 is 0 Å². The number of fused-ring (bicyclic) bond motifs is 2. The second-order valence-corrected chi connectivity index (χ2v) is 8.44. The van der Waals surface area contributed by atoms with Crippen LogP contribution in [0.5, 0.6) is 11.5 Å². The number of carbonyl (C=O) groups is 1. The van der Waals surface area contributed by atoms with Crippen LogP contribution in [0.2, 0.25) is 0 Å². The Morgan fingerprint density at radius 3 is 2.41 bits per heavy atom. The number of hydrogen-bond donors (Lipinski definition) is 0. The summed E-state index contributed by atoms with van der Waals surface area (Å²) in [7, 11) is 3.26. The number of hydrogen-bond acceptors (Lipinski definition) is 4. The van der Waals surface area contributed by atoms with Crippen LogP contribution in [0.3, 0.4) is 0 Å². The lowest BCUT2D eigenvalue weighted by Crippen LogP contribution is -2.36. The fourth-order valence-corrected chi connectivity index (χ4v) is 3.93. The van der Waals surface area contributed by atoms with Crippen molar-refractivity contribution < 1.29 is 14.3 Å². The van der Waals surface area contributed by atoms with E-state index in [1.165, 1.54) is 5.56 Å². The van der Waals surface area contributed by atoms with Gasteiger partial charge < -0.3 is 18.8 Å². The molecule has 1 aliphatic rings. The van der Waals surface area contributed by atoms with Crippen molar-refractivity contribution in [2.75, 3.05) is 20.8 Å². The average Bonchev–Trinajstić information content (AvgIpc) is 3.12. The van der Waals surface area contributed by atoms with Crippen LogP contribution in [-0.2, 0) is 18.4 Å². The normalized spacial score (nSPS) is 14.0. The molecule has 3 aromatic rings. The molecule has 29 heavy (non-hydrogen) atoms. The molecule has 4 rings (SSSR count). The Hall–Kier alpha value is -3.02. The highest BCUT2D eigenvalue weighted by Gasteiger charge is 2.29. The van der Waals surface area contributed by atoms with Gasteiger partial charge in [-0.25, -0.2) is 4.98 Å². The number of aromatic nitrogens is 2. The van der Waals surface area contributed by atoms with E-state index in [1.807, 2.05) is 45.8 Å². The van der Waals surface area contributed by atoms with E-state index in [9.17, 15) is 4.79 Å². The second-order valence-electron chi connectivity index (χ2n) is 8.44. The lowest BCUT2D eigenvalue weighted by molar-refractivity contribution is 0.0731. The summed E-state index contributed by atoms with van der Waals surface area (Å²) in [6.07, 6.45) is 2.75. The molecule has 0 fully saturated rings. The highest BCUT2D eigenvalue weighted by Crippen LogP contribution is 2.34. The molecular weight excluding hydrogens is 366 g/mol. The van der Waals surface area contributed by atoms with Crippen LogP contribution in [0.15, 0.2) is 36.5 Å². The summed E-state index contributed by atoms with van der Waals surface area (Å²) in [4.78, 5) is 20.1. The Balaban J connectivity index is 1.70. The van der Waals surface area contributed by atoms with Crippen LogP contribution in [0, 0.1) is 0 Å². The van der Waals surface area contributed by atoms with Gasteiger partial charge in [0.2, 0.25) is 0 Å². The molecule has 2 aromatic heterocycles. The molecule has 152 valence electrons. The van der Waals surface area contributed by atoms with E-state index in [0.29, 0.717) is 24.5 Å². The average molecular weight is 393 g/mol. The maximum Gasteiger partial charge on any atom is 0.275 e. The minimum atomic E-state index is -0.165. The standard InChI is InChI=1S/C23H27N3O3/c1-23(2,3)22-24-20(17-8-6-7-10-26(17)22)21(27)25-11-9-15-12-18(28-4)19(29-5)13-16(15)14-25/h6-8,10,12-13H,9,11,14H2,1-5H3. The summed E-state index contributed by atoms with van der Waals surface area (Å²) in [5.41, 5.74) is 3.47. The fourth-order valence-electron chi connectivity index (χ4n) is 3.93. The van der Waals surface area contributed by atoms with Crippen molar-refractivity contribution in [2.24, 2.45) is 0 Å². The molecule has 0 aliphatic carbocycles. The first kappa shape index (κ1) is 19.3. The molecule has 1 aliphatic heterocycles. The maximum atomic E-state index is 13.4. The van der Waals surface area contributed by atoms with Crippen LogP contribution in [-0.4, -0.2) is 41.0 Å². The molecule has 0 saturated heterocycles. The van der Waals surface area contributed by atoms with Crippen molar-refractivity contribution in [2.45, 2.75) is 39.2 Å². The number of ether oxygens (including phenoxy) is 2. The van der Waals surface area contributed by atoms with E-state index >= 15 is 0 Å². The number of benzene rings is 1. The van der Waals surface area contributed by atoms with Crippen LogP contribution in [0.25, 0.3) is 5.52 Å². The topological polar surface area (TPSA) is 56.1 Å². The van der Waals surface area contributed by atoms with Gasteiger partial charge in [-0.15, -0.1) is 0 Å². The lowest BCUT2D eigenvalue weighted by atomic mass is 9.96. The zero-order valence-corrected chi connectivity index (χ0v) is 17.7. The third kappa shape index (κ3) is 3.33. The predicted molar refractivity (Wildman–Crippen MR) is 112 cm³/mol. The van der Waals surface area contributed by atoms with E-state index < -0.39 is 0 Å². The molecule has 0 spiro atoms. The molecule has 1 aromatic carbocycles. The zero-order valence-electron chi connectivity index (χ0n) is 17.7. The Bertz CT molecular complexity index is 1080. The van der Waals surface area contributed by atoms with E-state index in [1.54, 1.807) is 14.2 Å². The fraction of sp³-hybridized carbons (Fsp3) is 0.391. The molecule has 0 unspecified atom stereocenters. The van der Waals surface area contributed by atoms with Crippen molar-refractivity contribution in [3.8, 4) is 11.5 Å². The number of pyridine rings is 1. The first-order valence-electron chi connectivity index (χ1n) is 9.84. The molecule has 0 bridgehead atoms. The number of carbonyl (C=O) groups excluding carboxylic acids is 1. The SMILES string of the molecule is COc1cc2c(cc1OC)CN(C(=O)c1nc(C(C)(C)C)n3ccccc13)CC2. The smallest absolute Gasteiger partial charge is 0.275 e. The molecule has 0 radical (unpaired) electrons.